The van der Waals surface area contributed by atoms with Crippen LogP contribution in [0.25, 0.3) is 0 Å². The number of aryl methyl sites for hydroxylation is 1. The van der Waals surface area contributed by atoms with E-state index in [-0.39, 0.29) is 16.6 Å². The Balaban J connectivity index is 2.72. The standard InChI is InChI=1S/C18H26O/c1-7-18(6)9-8-17(4,5)15-11-14(13(3)19)12(2)10-16(15)18/h10-11H,7-9H2,1-6H3. The van der Waals surface area contributed by atoms with E-state index in [9.17, 15) is 4.79 Å². The van der Waals surface area contributed by atoms with Crippen molar-refractivity contribution in [1.29, 1.82) is 0 Å². The molecule has 0 fully saturated rings. The van der Waals surface area contributed by atoms with Crippen LogP contribution in [0.1, 0.15) is 80.9 Å². The quantitative estimate of drug-likeness (QED) is 0.687. The molecule has 2 rings (SSSR count). The van der Waals surface area contributed by atoms with Crippen molar-refractivity contribution in [2.24, 2.45) is 0 Å². The molecule has 1 heteroatoms. The summed E-state index contributed by atoms with van der Waals surface area (Å²) in [6.45, 7) is 13.0. The topological polar surface area (TPSA) is 17.1 Å². The Morgan fingerprint density at radius 3 is 2.32 bits per heavy atom. The second-order valence-corrected chi connectivity index (χ2v) is 7.07. The molecule has 19 heavy (non-hydrogen) atoms. The van der Waals surface area contributed by atoms with E-state index in [1.807, 2.05) is 0 Å². The smallest absolute Gasteiger partial charge is 0.160 e. The molecule has 0 radical (unpaired) electrons. The molecule has 0 saturated heterocycles. The van der Waals surface area contributed by atoms with E-state index in [0.29, 0.717) is 0 Å². The van der Waals surface area contributed by atoms with E-state index in [2.05, 4.69) is 46.8 Å². The number of carbonyl (C=O) groups is 1. The van der Waals surface area contributed by atoms with Crippen molar-refractivity contribution in [3.63, 3.8) is 0 Å². The molecule has 1 aliphatic carbocycles. The molecule has 0 bridgehead atoms. The molecule has 1 aromatic carbocycles. The van der Waals surface area contributed by atoms with E-state index in [4.69, 9.17) is 0 Å². The van der Waals surface area contributed by atoms with Crippen molar-refractivity contribution in [3.8, 4) is 0 Å². The summed E-state index contributed by atoms with van der Waals surface area (Å²) in [5.41, 5.74) is 5.33. The van der Waals surface area contributed by atoms with Crippen LogP contribution in [0.2, 0.25) is 0 Å². The molecule has 0 saturated carbocycles. The van der Waals surface area contributed by atoms with Crippen LogP contribution in [0.5, 0.6) is 0 Å². The zero-order valence-corrected chi connectivity index (χ0v) is 13.2. The number of hydrogen-bond acceptors (Lipinski definition) is 1. The largest absolute Gasteiger partial charge is 0.295 e. The molecule has 0 spiro atoms. The molecule has 1 aromatic rings. The number of carbonyl (C=O) groups excluding carboxylic acids is 1. The highest BCUT2D eigenvalue weighted by molar-refractivity contribution is 5.96. The van der Waals surface area contributed by atoms with Gasteiger partial charge in [-0.1, -0.05) is 33.8 Å². The number of fused-ring (bicyclic) bond motifs is 1. The first kappa shape index (κ1) is 14.3. The Kier molecular flexibility index (Phi) is 3.36. The van der Waals surface area contributed by atoms with Crippen LogP contribution in [0, 0.1) is 6.92 Å². The maximum atomic E-state index is 11.8. The molecular weight excluding hydrogens is 232 g/mol. The first-order chi connectivity index (χ1) is 8.71. The lowest BCUT2D eigenvalue weighted by Gasteiger charge is -2.44. The van der Waals surface area contributed by atoms with E-state index < -0.39 is 0 Å². The van der Waals surface area contributed by atoms with Gasteiger partial charge < -0.3 is 0 Å². The number of rotatable bonds is 2. The number of ketones is 1. The third-order valence-electron chi connectivity index (χ3n) is 5.21. The van der Waals surface area contributed by atoms with E-state index >= 15 is 0 Å². The monoisotopic (exact) mass is 258 g/mol. The van der Waals surface area contributed by atoms with Crippen LogP contribution >= 0.6 is 0 Å². The normalized spacial score (nSPS) is 24.9. The summed E-state index contributed by atoms with van der Waals surface area (Å²) < 4.78 is 0. The Hall–Kier alpha value is -1.11. The van der Waals surface area contributed by atoms with Gasteiger partial charge in [0.15, 0.2) is 5.78 Å². The zero-order valence-electron chi connectivity index (χ0n) is 13.2. The Morgan fingerprint density at radius 2 is 1.79 bits per heavy atom. The lowest BCUT2D eigenvalue weighted by Crippen LogP contribution is -2.35. The van der Waals surface area contributed by atoms with Crippen molar-refractivity contribution >= 4 is 5.78 Å². The van der Waals surface area contributed by atoms with Crippen LogP contribution in [0.3, 0.4) is 0 Å². The highest BCUT2D eigenvalue weighted by Gasteiger charge is 2.39. The van der Waals surface area contributed by atoms with Gasteiger partial charge in [-0.05, 0) is 66.7 Å². The summed E-state index contributed by atoms with van der Waals surface area (Å²) >= 11 is 0. The summed E-state index contributed by atoms with van der Waals surface area (Å²) in [5, 5.41) is 0. The first-order valence-electron chi connectivity index (χ1n) is 7.38. The average Bonchev–Trinajstić information content (AvgIpc) is 2.34. The molecule has 0 aliphatic heterocycles. The third kappa shape index (κ3) is 2.24. The van der Waals surface area contributed by atoms with Crippen molar-refractivity contribution < 1.29 is 4.79 Å². The number of Topliss-reactive ketones (excluding diaryl/α,β-unsaturated/α-hetero) is 1. The Morgan fingerprint density at radius 1 is 1.16 bits per heavy atom. The third-order valence-corrected chi connectivity index (χ3v) is 5.21. The highest BCUT2D eigenvalue weighted by Crippen LogP contribution is 2.48. The zero-order chi connectivity index (χ0) is 14.4. The second kappa shape index (κ2) is 4.47. The van der Waals surface area contributed by atoms with E-state index in [1.165, 1.54) is 24.0 Å². The molecule has 0 amide bonds. The van der Waals surface area contributed by atoms with Gasteiger partial charge in [-0.2, -0.15) is 0 Å². The van der Waals surface area contributed by atoms with Crippen molar-refractivity contribution in [1.82, 2.24) is 0 Å². The van der Waals surface area contributed by atoms with Gasteiger partial charge in [0.25, 0.3) is 0 Å². The summed E-state index contributed by atoms with van der Waals surface area (Å²) in [6, 6.07) is 4.44. The van der Waals surface area contributed by atoms with Gasteiger partial charge in [-0.3, -0.25) is 4.79 Å². The van der Waals surface area contributed by atoms with Gasteiger partial charge in [0.05, 0.1) is 0 Å². The number of benzene rings is 1. The molecule has 0 aromatic heterocycles. The van der Waals surface area contributed by atoms with Crippen molar-refractivity contribution in [2.45, 2.75) is 71.6 Å². The van der Waals surface area contributed by atoms with Crippen LogP contribution in [-0.2, 0) is 10.8 Å². The lowest BCUT2D eigenvalue weighted by atomic mass is 9.61. The van der Waals surface area contributed by atoms with Crippen molar-refractivity contribution in [3.05, 3.63) is 34.4 Å². The van der Waals surface area contributed by atoms with E-state index in [1.54, 1.807) is 6.92 Å². The minimum Gasteiger partial charge on any atom is -0.295 e. The van der Waals surface area contributed by atoms with Gasteiger partial charge in [0.1, 0.15) is 0 Å². The molecule has 0 N–H and O–H groups in total. The van der Waals surface area contributed by atoms with Gasteiger partial charge in [-0.15, -0.1) is 0 Å². The number of hydrogen-bond donors (Lipinski definition) is 0. The predicted octanol–water partition coefficient (Wildman–Crippen LogP) is 4.94. The summed E-state index contributed by atoms with van der Waals surface area (Å²) in [5.74, 6) is 0.180. The fraction of sp³-hybridized carbons (Fsp3) is 0.611. The van der Waals surface area contributed by atoms with E-state index in [0.717, 1.165) is 17.5 Å². The fourth-order valence-electron chi connectivity index (χ4n) is 3.37. The first-order valence-corrected chi connectivity index (χ1v) is 7.38. The molecule has 1 atom stereocenters. The van der Waals surface area contributed by atoms with Crippen LogP contribution in [0.15, 0.2) is 12.1 Å². The van der Waals surface area contributed by atoms with Crippen LogP contribution in [0.4, 0.5) is 0 Å². The van der Waals surface area contributed by atoms with Gasteiger partial charge >= 0.3 is 0 Å². The SMILES string of the molecule is CCC1(C)CCC(C)(C)c2cc(C(C)=O)c(C)cc21. The summed E-state index contributed by atoms with van der Waals surface area (Å²) in [4.78, 5) is 11.8. The fourth-order valence-corrected chi connectivity index (χ4v) is 3.37. The molecule has 104 valence electrons. The van der Waals surface area contributed by atoms with Crippen LogP contribution < -0.4 is 0 Å². The average molecular weight is 258 g/mol. The Bertz CT molecular complexity index is 525. The maximum absolute atomic E-state index is 11.8. The molecule has 1 aliphatic rings. The van der Waals surface area contributed by atoms with Gasteiger partial charge in [0.2, 0.25) is 0 Å². The highest BCUT2D eigenvalue weighted by atomic mass is 16.1. The Labute approximate surface area is 117 Å². The molecule has 1 unspecified atom stereocenters. The lowest BCUT2D eigenvalue weighted by molar-refractivity contribution is 0.101. The predicted molar refractivity (Wildman–Crippen MR) is 81.1 cm³/mol. The second-order valence-electron chi connectivity index (χ2n) is 7.07. The van der Waals surface area contributed by atoms with Crippen LogP contribution in [-0.4, -0.2) is 5.78 Å². The maximum Gasteiger partial charge on any atom is 0.160 e. The molecular formula is C18H26O. The summed E-state index contributed by atoms with van der Waals surface area (Å²) in [7, 11) is 0. The van der Waals surface area contributed by atoms with Gasteiger partial charge in [-0.25, -0.2) is 0 Å². The summed E-state index contributed by atoms with van der Waals surface area (Å²) in [6.07, 6.45) is 3.60. The molecule has 0 heterocycles. The minimum absolute atomic E-state index is 0.180. The molecule has 1 nitrogen and oxygen atoms in total. The van der Waals surface area contributed by atoms with Gasteiger partial charge in [0, 0.05) is 5.56 Å². The minimum atomic E-state index is 0.180. The van der Waals surface area contributed by atoms with Crippen molar-refractivity contribution in [2.75, 3.05) is 0 Å².